The molecule has 0 aliphatic heterocycles. The molecule has 0 bridgehead atoms. The van der Waals surface area contributed by atoms with Gasteiger partial charge in [0, 0.05) is 25.1 Å². The third kappa shape index (κ3) is 2.70. The molecule has 2 atom stereocenters. The van der Waals surface area contributed by atoms with Crippen molar-refractivity contribution in [2.24, 2.45) is 0 Å². The molecule has 1 aromatic heterocycles. The van der Waals surface area contributed by atoms with Crippen molar-refractivity contribution in [3.05, 3.63) is 29.6 Å². The minimum absolute atomic E-state index is 0.274. The first-order valence-electron chi connectivity index (χ1n) is 4.60. The number of halogens is 3. The number of methoxy groups -OCH3 is 1. The summed E-state index contributed by atoms with van der Waals surface area (Å²) in [4.78, 5) is 3.58. The molecule has 0 aliphatic carbocycles. The Balaban J connectivity index is 3.13. The maximum Gasteiger partial charge on any atom is 0.416 e. The fourth-order valence-electron chi connectivity index (χ4n) is 1.28. The second-order valence-corrected chi connectivity index (χ2v) is 3.35. The largest absolute Gasteiger partial charge is 0.416 e. The molecule has 0 saturated heterocycles. The molecule has 0 aromatic carbocycles. The Kier molecular flexibility index (Phi) is 3.88. The number of ether oxygens (including phenoxy) is 1. The zero-order valence-electron chi connectivity index (χ0n) is 8.82. The van der Waals surface area contributed by atoms with Crippen LogP contribution >= 0.6 is 0 Å². The topological polar surface area (TPSA) is 42.4 Å². The van der Waals surface area contributed by atoms with Gasteiger partial charge in [-0.05, 0) is 13.0 Å². The van der Waals surface area contributed by atoms with Gasteiger partial charge in [-0.2, -0.15) is 13.2 Å². The van der Waals surface area contributed by atoms with Crippen LogP contribution < -0.4 is 0 Å². The van der Waals surface area contributed by atoms with Crippen LogP contribution in [-0.4, -0.2) is 23.3 Å². The van der Waals surface area contributed by atoms with Crippen LogP contribution in [0.2, 0.25) is 0 Å². The van der Waals surface area contributed by atoms with E-state index in [1.54, 1.807) is 0 Å². The fraction of sp³-hybridized carbons (Fsp3) is 0.500. The van der Waals surface area contributed by atoms with Gasteiger partial charge in [-0.25, -0.2) is 0 Å². The van der Waals surface area contributed by atoms with Gasteiger partial charge in [0.05, 0.1) is 11.7 Å². The molecule has 2 unspecified atom stereocenters. The van der Waals surface area contributed by atoms with Crippen LogP contribution in [0.15, 0.2) is 18.5 Å². The Morgan fingerprint density at radius 1 is 1.44 bits per heavy atom. The molecule has 0 spiro atoms. The van der Waals surface area contributed by atoms with Crippen molar-refractivity contribution in [2.45, 2.75) is 25.3 Å². The molecule has 3 nitrogen and oxygen atoms in total. The van der Waals surface area contributed by atoms with Crippen LogP contribution in [0.1, 0.15) is 24.2 Å². The number of alkyl halides is 3. The number of aliphatic hydroxyl groups excluding tert-OH is 1. The van der Waals surface area contributed by atoms with E-state index < -0.39 is 23.9 Å². The maximum atomic E-state index is 12.6. The van der Waals surface area contributed by atoms with Crippen LogP contribution in [0.25, 0.3) is 0 Å². The molecule has 90 valence electrons. The average Bonchev–Trinajstić information content (AvgIpc) is 2.26. The van der Waals surface area contributed by atoms with E-state index in [2.05, 4.69) is 4.98 Å². The fourth-order valence-corrected chi connectivity index (χ4v) is 1.28. The predicted octanol–water partition coefficient (Wildman–Crippen LogP) is 2.17. The molecule has 0 fully saturated rings. The van der Waals surface area contributed by atoms with E-state index in [1.165, 1.54) is 14.0 Å². The van der Waals surface area contributed by atoms with Crippen molar-refractivity contribution >= 4 is 0 Å². The van der Waals surface area contributed by atoms with Gasteiger partial charge in [-0.15, -0.1) is 0 Å². The molecule has 1 rings (SSSR count). The van der Waals surface area contributed by atoms with E-state index in [0.29, 0.717) is 0 Å². The van der Waals surface area contributed by atoms with E-state index in [4.69, 9.17) is 4.74 Å². The minimum atomic E-state index is -4.51. The first-order chi connectivity index (χ1) is 7.38. The quantitative estimate of drug-likeness (QED) is 0.873. The number of pyridine rings is 1. The minimum Gasteiger partial charge on any atom is -0.386 e. The van der Waals surface area contributed by atoms with Crippen LogP contribution in [0, 0.1) is 0 Å². The lowest BCUT2D eigenvalue weighted by atomic mass is 10.0. The zero-order valence-corrected chi connectivity index (χ0v) is 8.82. The summed E-state index contributed by atoms with van der Waals surface area (Å²) in [5.41, 5.74) is -1.16. The van der Waals surface area contributed by atoms with Crippen molar-refractivity contribution < 1.29 is 23.0 Å². The highest BCUT2D eigenvalue weighted by atomic mass is 19.4. The molecule has 1 aromatic rings. The van der Waals surface area contributed by atoms with Crippen LogP contribution in [0.4, 0.5) is 13.2 Å². The maximum absolute atomic E-state index is 12.6. The van der Waals surface area contributed by atoms with Gasteiger partial charge in [0.15, 0.2) is 0 Å². The average molecular weight is 235 g/mol. The second-order valence-electron chi connectivity index (χ2n) is 3.35. The number of hydrogen-bond acceptors (Lipinski definition) is 3. The van der Waals surface area contributed by atoms with Crippen molar-refractivity contribution in [3.63, 3.8) is 0 Å². The highest BCUT2D eigenvalue weighted by molar-refractivity contribution is 5.28. The predicted molar refractivity (Wildman–Crippen MR) is 50.7 cm³/mol. The van der Waals surface area contributed by atoms with E-state index in [1.807, 2.05) is 0 Å². The zero-order chi connectivity index (χ0) is 12.3. The molecule has 0 radical (unpaired) electrons. The van der Waals surface area contributed by atoms with Gasteiger partial charge < -0.3 is 9.84 Å². The van der Waals surface area contributed by atoms with Crippen molar-refractivity contribution in [2.75, 3.05) is 7.11 Å². The summed E-state index contributed by atoms with van der Waals surface area (Å²) in [6.07, 6.45) is -4.55. The lowest BCUT2D eigenvalue weighted by molar-refractivity contribution is -0.140. The van der Waals surface area contributed by atoms with Crippen LogP contribution in [0.5, 0.6) is 0 Å². The first kappa shape index (κ1) is 12.9. The van der Waals surface area contributed by atoms with Gasteiger partial charge in [-0.3, -0.25) is 4.98 Å². The summed E-state index contributed by atoms with van der Waals surface area (Å²) in [5, 5.41) is 9.67. The number of hydrogen-bond donors (Lipinski definition) is 1. The summed E-state index contributed by atoms with van der Waals surface area (Å²) in [6, 6.07) is 0.834. The summed E-state index contributed by atoms with van der Waals surface area (Å²) in [5.74, 6) is 0. The van der Waals surface area contributed by atoms with Gasteiger partial charge in [-0.1, -0.05) is 0 Å². The van der Waals surface area contributed by atoms with Gasteiger partial charge in [0.1, 0.15) is 6.10 Å². The lowest BCUT2D eigenvalue weighted by Gasteiger charge is -2.21. The number of aromatic nitrogens is 1. The van der Waals surface area contributed by atoms with E-state index >= 15 is 0 Å². The molecular formula is C10H12F3NO2. The molecule has 0 aliphatic rings. The highest BCUT2D eigenvalue weighted by Crippen LogP contribution is 2.35. The third-order valence-electron chi connectivity index (χ3n) is 2.29. The normalized spacial score (nSPS) is 15.9. The third-order valence-corrected chi connectivity index (χ3v) is 2.29. The number of nitrogens with zero attached hydrogens (tertiary/aromatic N) is 1. The van der Waals surface area contributed by atoms with Gasteiger partial charge >= 0.3 is 6.18 Å². The van der Waals surface area contributed by atoms with Crippen molar-refractivity contribution in [1.29, 1.82) is 0 Å². The van der Waals surface area contributed by atoms with Crippen molar-refractivity contribution in [3.8, 4) is 0 Å². The summed E-state index contributed by atoms with van der Waals surface area (Å²) >= 11 is 0. The Morgan fingerprint density at radius 2 is 2.06 bits per heavy atom. The molecule has 0 saturated carbocycles. The standard InChI is InChI=1S/C10H12F3NO2/c1-6(16-2)9(15)7-5-14-4-3-8(7)10(11,12)13/h3-6,9,15H,1-2H3. The van der Waals surface area contributed by atoms with E-state index in [9.17, 15) is 18.3 Å². The van der Waals surface area contributed by atoms with Gasteiger partial charge in [0.25, 0.3) is 0 Å². The van der Waals surface area contributed by atoms with E-state index in [-0.39, 0.29) is 5.56 Å². The Labute approximate surface area is 90.9 Å². The Morgan fingerprint density at radius 3 is 2.56 bits per heavy atom. The Bertz CT molecular complexity index is 354. The van der Waals surface area contributed by atoms with Gasteiger partial charge in [0.2, 0.25) is 0 Å². The second kappa shape index (κ2) is 4.80. The smallest absolute Gasteiger partial charge is 0.386 e. The van der Waals surface area contributed by atoms with Crippen molar-refractivity contribution in [1.82, 2.24) is 4.98 Å². The number of rotatable bonds is 3. The highest BCUT2D eigenvalue weighted by Gasteiger charge is 2.36. The first-order valence-corrected chi connectivity index (χ1v) is 4.60. The number of aliphatic hydroxyl groups is 1. The summed E-state index contributed by atoms with van der Waals surface area (Å²) in [6.45, 7) is 1.48. The summed E-state index contributed by atoms with van der Waals surface area (Å²) in [7, 11) is 1.32. The summed E-state index contributed by atoms with van der Waals surface area (Å²) < 4.78 is 42.6. The lowest BCUT2D eigenvalue weighted by Crippen LogP contribution is -2.21. The SMILES string of the molecule is COC(C)C(O)c1cnccc1C(F)(F)F. The van der Waals surface area contributed by atoms with Crippen LogP contribution in [0.3, 0.4) is 0 Å². The molecule has 1 N–H and O–H groups in total. The molecule has 6 heteroatoms. The monoisotopic (exact) mass is 235 g/mol. The molecule has 16 heavy (non-hydrogen) atoms. The van der Waals surface area contributed by atoms with E-state index in [0.717, 1.165) is 18.5 Å². The Hall–Kier alpha value is -1.14. The molecular weight excluding hydrogens is 223 g/mol. The molecule has 0 amide bonds. The molecule has 1 heterocycles. The van der Waals surface area contributed by atoms with Crippen LogP contribution in [-0.2, 0) is 10.9 Å².